The molecule has 0 amide bonds. The minimum Gasteiger partial charge on any atom is -0.462 e. The number of rotatable bonds is 40. The number of esters is 2. The van der Waals surface area contributed by atoms with Gasteiger partial charge in [-0.25, -0.2) is 4.57 Å². The van der Waals surface area contributed by atoms with Crippen LogP contribution in [0.4, 0.5) is 0 Å². The van der Waals surface area contributed by atoms with Crippen molar-refractivity contribution in [2.45, 2.75) is 212 Å². The minimum absolute atomic E-state index is 0.125. The molecule has 55 heavy (non-hydrogen) atoms. The molecule has 0 aliphatic carbocycles. The Hall–Kier alpha value is -2.03. The number of phosphoric ester groups is 1. The predicted molar refractivity (Wildman–Crippen MR) is 227 cm³/mol. The Labute approximate surface area is 336 Å². The maximum Gasteiger partial charge on any atom is 0.469 e. The smallest absolute Gasteiger partial charge is 0.462 e. The molecule has 0 fully saturated rings. The first-order chi connectivity index (χ1) is 26.6. The van der Waals surface area contributed by atoms with Crippen molar-refractivity contribution in [1.29, 1.82) is 0 Å². The van der Waals surface area contributed by atoms with E-state index in [-0.39, 0.29) is 25.6 Å². The Morgan fingerprint density at radius 2 is 0.945 bits per heavy atom. The highest BCUT2D eigenvalue weighted by atomic mass is 31.2. The SMILES string of the molecule is CCCCCCCCCCCCCCCCCCCCCC(=O)OC[C@H](COP(=O)(O)O)OC(=O)CCC/C=C\C/C=C\C/C=C\C/C=C\CCC[C@H](C)O. The van der Waals surface area contributed by atoms with Crippen LogP contribution in [0.25, 0.3) is 0 Å². The molecule has 0 saturated carbocycles. The molecule has 0 heterocycles. The Morgan fingerprint density at radius 3 is 1.38 bits per heavy atom. The van der Waals surface area contributed by atoms with Gasteiger partial charge in [-0.3, -0.25) is 14.1 Å². The third-order valence-corrected chi connectivity index (χ3v) is 9.85. The van der Waals surface area contributed by atoms with Crippen molar-refractivity contribution in [1.82, 2.24) is 0 Å². The topological polar surface area (TPSA) is 140 Å². The highest BCUT2D eigenvalue weighted by Gasteiger charge is 2.22. The molecule has 0 unspecified atom stereocenters. The third kappa shape index (κ3) is 44.6. The molecule has 0 aliphatic rings. The van der Waals surface area contributed by atoms with Gasteiger partial charge in [0.1, 0.15) is 6.61 Å². The fourth-order valence-corrected chi connectivity index (χ4v) is 6.45. The molecule has 0 saturated heterocycles. The van der Waals surface area contributed by atoms with E-state index in [0.717, 1.165) is 51.4 Å². The zero-order chi connectivity index (χ0) is 40.5. The molecule has 10 heteroatoms. The molecular weight excluding hydrogens is 715 g/mol. The molecular formula is C45H81O9P. The summed E-state index contributed by atoms with van der Waals surface area (Å²) in [6.07, 6.45) is 46.9. The van der Waals surface area contributed by atoms with Gasteiger partial charge < -0.3 is 24.4 Å². The van der Waals surface area contributed by atoms with Crippen LogP contribution >= 0.6 is 7.82 Å². The second-order valence-electron chi connectivity index (χ2n) is 15.0. The van der Waals surface area contributed by atoms with Gasteiger partial charge >= 0.3 is 19.8 Å². The van der Waals surface area contributed by atoms with Crippen LogP contribution in [0.3, 0.4) is 0 Å². The van der Waals surface area contributed by atoms with Crippen LogP contribution in [0.2, 0.25) is 0 Å². The molecule has 0 bridgehead atoms. The first-order valence-electron chi connectivity index (χ1n) is 22.0. The standard InChI is InChI=1S/C45H81O9P/c1-3-4-5-6-7-8-9-10-11-12-13-14-17-20-23-26-29-32-35-38-44(47)52-40-43(41-53-55(49,50)51)54-45(48)39-36-33-30-27-24-21-18-15-16-19-22-25-28-31-34-37-42(2)46/h16,18-19,21,25,27-28,30,42-43,46H,3-15,17,20,22-24,26,29,31-41H2,1-2H3,(H2,49,50,51)/b19-16-,21-18-,28-25-,30-27-/t42-,43+/m0/s1. The van der Waals surface area contributed by atoms with E-state index in [1.807, 2.05) is 19.1 Å². The molecule has 3 N–H and O–H groups in total. The van der Waals surface area contributed by atoms with Crippen molar-refractivity contribution in [2.75, 3.05) is 13.2 Å². The summed E-state index contributed by atoms with van der Waals surface area (Å²) in [7, 11) is -4.78. The monoisotopic (exact) mass is 797 g/mol. The number of hydrogen-bond donors (Lipinski definition) is 3. The van der Waals surface area contributed by atoms with Gasteiger partial charge in [0.05, 0.1) is 12.7 Å². The van der Waals surface area contributed by atoms with Crippen LogP contribution in [0, 0.1) is 0 Å². The average molecular weight is 797 g/mol. The molecule has 0 aromatic rings. The van der Waals surface area contributed by atoms with Gasteiger partial charge in [-0.05, 0) is 64.7 Å². The lowest BCUT2D eigenvalue weighted by Gasteiger charge is -2.18. The molecule has 0 aliphatic heterocycles. The van der Waals surface area contributed by atoms with Crippen molar-refractivity contribution in [3.63, 3.8) is 0 Å². The average Bonchev–Trinajstić information content (AvgIpc) is 3.14. The fraction of sp³-hybridized carbons (Fsp3) is 0.778. The molecule has 0 spiro atoms. The van der Waals surface area contributed by atoms with Crippen molar-refractivity contribution in [3.05, 3.63) is 48.6 Å². The van der Waals surface area contributed by atoms with E-state index >= 15 is 0 Å². The van der Waals surface area contributed by atoms with E-state index in [4.69, 9.17) is 19.3 Å². The van der Waals surface area contributed by atoms with Crippen LogP contribution in [0.5, 0.6) is 0 Å². The first kappa shape index (κ1) is 53.0. The van der Waals surface area contributed by atoms with Gasteiger partial charge in [0.15, 0.2) is 6.10 Å². The third-order valence-electron chi connectivity index (χ3n) is 9.37. The zero-order valence-electron chi connectivity index (χ0n) is 34.9. The maximum absolute atomic E-state index is 12.4. The van der Waals surface area contributed by atoms with E-state index in [9.17, 15) is 19.3 Å². The molecule has 0 aromatic carbocycles. The molecule has 0 radical (unpaired) electrons. The first-order valence-corrected chi connectivity index (χ1v) is 23.5. The summed E-state index contributed by atoms with van der Waals surface area (Å²) < 4.78 is 26.3. The van der Waals surface area contributed by atoms with Crippen molar-refractivity contribution < 1.29 is 43.0 Å². The van der Waals surface area contributed by atoms with Crippen LogP contribution in [-0.4, -0.2) is 52.3 Å². The van der Waals surface area contributed by atoms with Gasteiger partial charge in [0.25, 0.3) is 0 Å². The number of carbonyl (C=O) groups is 2. The van der Waals surface area contributed by atoms with E-state index < -0.39 is 32.5 Å². The number of hydrogen-bond acceptors (Lipinski definition) is 7. The van der Waals surface area contributed by atoms with Crippen molar-refractivity contribution >= 4 is 19.8 Å². The van der Waals surface area contributed by atoms with Gasteiger partial charge in [0, 0.05) is 12.8 Å². The van der Waals surface area contributed by atoms with E-state index in [1.54, 1.807) is 0 Å². The number of allylic oxidation sites excluding steroid dienone is 8. The van der Waals surface area contributed by atoms with Crippen LogP contribution in [-0.2, 0) is 28.2 Å². The Bertz CT molecular complexity index is 1050. The summed E-state index contributed by atoms with van der Waals surface area (Å²) in [5.41, 5.74) is 0. The van der Waals surface area contributed by atoms with Gasteiger partial charge in [-0.1, -0.05) is 171 Å². The lowest BCUT2D eigenvalue weighted by Crippen LogP contribution is -2.29. The number of ether oxygens (including phenoxy) is 2. The minimum atomic E-state index is -4.78. The lowest BCUT2D eigenvalue weighted by atomic mass is 10.0. The van der Waals surface area contributed by atoms with Crippen LogP contribution in [0.15, 0.2) is 48.6 Å². The van der Waals surface area contributed by atoms with E-state index in [0.29, 0.717) is 19.3 Å². The quantitative estimate of drug-likeness (QED) is 0.0239. The molecule has 9 nitrogen and oxygen atoms in total. The van der Waals surface area contributed by atoms with E-state index in [1.165, 1.54) is 103 Å². The second kappa shape index (κ2) is 40.2. The highest BCUT2D eigenvalue weighted by molar-refractivity contribution is 7.46. The Kier molecular flexibility index (Phi) is 38.7. The molecule has 320 valence electrons. The summed E-state index contributed by atoms with van der Waals surface area (Å²) in [6, 6.07) is 0. The molecule has 0 aromatic heterocycles. The van der Waals surface area contributed by atoms with Crippen LogP contribution < -0.4 is 0 Å². The van der Waals surface area contributed by atoms with Crippen molar-refractivity contribution in [2.24, 2.45) is 0 Å². The Morgan fingerprint density at radius 1 is 0.545 bits per heavy atom. The Balaban J connectivity index is 3.96. The molecule has 0 rings (SSSR count). The number of unbranched alkanes of at least 4 members (excludes halogenated alkanes) is 20. The summed E-state index contributed by atoms with van der Waals surface area (Å²) in [4.78, 5) is 42.9. The lowest BCUT2D eigenvalue weighted by molar-refractivity contribution is -0.161. The predicted octanol–water partition coefficient (Wildman–Crippen LogP) is 12.5. The van der Waals surface area contributed by atoms with Crippen LogP contribution in [0.1, 0.15) is 200 Å². The number of phosphoric acid groups is 1. The number of aliphatic hydroxyl groups is 1. The summed E-state index contributed by atoms with van der Waals surface area (Å²) >= 11 is 0. The zero-order valence-corrected chi connectivity index (χ0v) is 35.8. The van der Waals surface area contributed by atoms with E-state index in [2.05, 4.69) is 47.9 Å². The van der Waals surface area contributed by atoms with Crippen molar-refractivity contribution in [3.8, 4) is 0 Å². The molecule has 2 atom stereocenters. The largest absolute Gasteiger partial charge is 0.469 e. The number of carbonyl (C=O) groups excluding carboxylic acids is 2. The van der Waals surface area contributed by atoms with Gasteiger partial charge in [-0.15, -0.1) is 0 Å². The highest BCUT2D eigenvalue weighted by Crippen LogP contribution is 2.36. The summed E-state index contributed by atoms with van der Waals surface area (Å²) in [5.74, 6) is -0.962. The van der Waals surface area contributed by atoms with Gasteiger partial charge in [-0.2, -0.15) is 0 Å². The van der Waals surface area contributed by atoms with Gasteiger partial charge in [0.2, 0.25) is 0 Å². The maximum atomic E-state index is 12.4. The fourth-order valence-electron chi connectivity index (χ4n) is 6.09. The summed E-state index contributed by atoms with van der Waals surface area (Å²) in [5, 5.41) is 9.25. The number of aliphatic hydroxyl groups excluding tert-OH is 1. The second-order valence-corrected chi connectivity index (χ2v) is 16.2. The summed E-state index contributed by atoms with van der Waals surface area (Å²) in [6.45, 7) is 3.21. The normalized spacial score (nSPS) is 13.5.